The van der Waals surface area contributed by atoms with Crippen LogP contribution in [0.25, 0.3) is 10.9 Å². The summed E-state index contributed by atoms with van der Waals surface area (Å²) in [6, 6.07) is 4.47. The number of nitrogens with zero attached hydrogens (tertiary/aromatic N) is 2. The smallest absolute Gasteiger partial charge is 0.326 e. The van der Waals surface area contributed by atoms with E-state index >= 15 is 0 Å². The lowest BCUT2D eigenvalue weighted by Gasteiger charge is -2.28. The van der Waals surface area contributed by atoms with Crippen LogP contribution in [0, 0.1) is 0 Å². The molecule has 9 amide bonds. The van der Waals surface area contributed by atoms with Crippen molar-refractivity contribution in [1.29, 1.82) is 0 Å². The molecule has 3 aromatic rings. The van der Waals surface area contributed by atoms with Crippen LogP contribution in [-0.4, -0.2) is 161 Å². The van der Waals surface area contributed by atoms with Crippen molar-refractivity contribution in [2.24, 2.45) is 55.9 Å². The average molecular weight is 1170 g/mol. The van der Waals surface area contributed by atoms with E-state index in [1.165, 1.54) is 11.8 Å². The zero-order chi connectivity index (χ0) is 60.7. The number of aliphatic imine (C=N–C) groups is 2. The zero-order valence-corrected chi connectivity index (χ0v) is 46.7. The number of carbonyl (C=O) groups excluding carboxylic acids is 9. The third-order valence-corrected chi connectivity index (χ3v) is 13.3. The molecule has 0 aliphatic heterocycles. The number of hydrogen-bond acceptors (Lipinski definition) is 15. The van der Waals surface area contributed by atoms with Gasteiger partial charge in [-0.05, 0) is 100.0 Å². The Balaban J connectivity index is 1.94. The van der Waals surface area contributed by atoms with E-state index < -0.39 is 127 Å². The van der Waals surface area contributed by atoms with E-state index in [4.69, 9.17) is 45.9 Å². The first-order chi connectivity index (χ1) is 39.0. The Morgan fingerprint density at radius 1 is 0.537 bits per heavy atom. The Labute approximate surface area is 478 Å². The van der Waals surface area contributed by atoms with Gasteiger partial charge in [0.1, 0.15) is 42.3 Å². The van der Waals surface area contributed by atoms with E-state index in [1.54, 1.807) is 42.8 Å². The quantitative estimate of drug-likeness (QED) is 0.0147. The van der Waals surface area contributed by atoms with Gasteiger partial charge in [0.25, 0.3) is 0 Å². The van der Waals surface area contributed by atoms with Gasteiger partial charge >= 0.3 is 5.97 Å². The maximum atomic E-state index is 14.4. The highest BCUT2D eigenvalue weighted by molar-refractivity contribution is 7.98. The number of nitrogens with one attached hydrogen (secondary N) is 8. The summed E-state index contributed by atoms with van der Waals surface area (Å²) in [5, 5.41) is 28.5. The second-order valence-corrected chi connectivity index (χ2v) is 20.3. The van der Waals surface area contributed by atoms with Crippen molar-refractivity contribution < 1.29 is 53.1 Å². The van der Waals surface area contributed by atoms with Crippen LogP contribution in [0.3, 0.4) is 0 Å². The van der Waals surface area contributed by atoms with Gasteiger partial charge in [0.2, 0.25) is 53.2 Å². The first kappa shape index (κ1) is 67.8. The predicted molar refractivity (Wildman–Crippen MR) is 309 cm³/mol. The third-order valence-electron chi connectivity index (χ3n) is 12.7. The largest absolute Gasteiger partial charge is 0.480 e. The maximum absolute atomic E-state index is 14.4. The molecule has 0 aliphatic rings. The minimum absolute atomic E-state index is 0.00148. The Bertz CT molecular complexity index is 2690. The van der Waals surface area contributed by atoms with Crippen molar-refractivity contribution in [2.45, 2.75) is 132 Å². The number of aromatic nitrogens is 1. The van der Waals surface area contributed by atoms with Gasteiger partial charge in [0, 0.05) is 43.0 Å². The molecule has 29 nitrogen and oxygen atoms in total. The number of primary amides is 2. The SMILES string of the molecule is CSCC[C@H](NC(=O)[C@H](CCCN=C(N)N)NC(=O)[C@H](CCCN=C(N)N)NC(=O)[C@H](CC(N)=O)NC(=O)[C@H](CCC(N)=O)NC(=O)[C@H](Cc1ccccc1)NC(=O)[C@@H](N)Cc1c[nH]c2ccccc12)C(=O)N[C@@H](CCCCN)C(=O)O. The van der Waals surface area contributed by atoms with Crippen LogP contribution in [0.15, 0.2) is 70.8 Å². The van der Waals surface area contributed by atoms with E-state index in [1.807, 2.05) is 24.3 Å². The summed E-state index contributed by atoms with van der Waals surface area (Å²) in [4.78, 5) is 146. The number of para-hydroxylation sites is 1. The average Bonchev–Trinajstić information content (AvgIpc) is 3.95. The molecule has 0 aliphatic carbocycles. The summed E-state index contributed by atoms with van der Waals surface area (Å²) in [6.07, 6.45) is 2.55. The molecule has 3 rings (SSSR count). The number of amides is 9. The van der Waals surface area contributed by atoms with Crippen LogP contribution in [0.4, 0.5) is 0 Å². The Morgan fingerprint density at radius 3 is 1.51 bits per heavy atom. The van der Waals surface area contributed by atoms with Crippen LogP contribution in [0.1, 0.15) is 81.8 Å². The topological polar surface area (TPSA) is 524 Å². The lowest BCUT2D eigenvalue weighted by molar-refractivity contribution is -0.142. The van der Waals surface area contributed by atoms with Gasteiger partial charge in [-0.2, -0.15) is 11.8 Å². The summed E-state index contributed by atoms with van der Waals surface area (Å²) in [5.41, 5.74) is 47.2. The molecule has 0 fully saturated rings. The van der Waals surface area contributed by atoms with Crippen LogP contribution in [0.2, 0.25) is 0 Å². The van der Waals surface area contributed by atoms with Gasteiger partial charge in [-0.25, -0.2) is 4.79 Å². The molecule has 2 aromatic carbocycles. The fourth-order valence-corrected chi connectivity index (χ4v) is 8.84. The second-order valence-electron chi connectivity index (χ2n) is 19.3. The minimum atomic E-state index is -1.84. The Hall–Kier alpha value is -8.51. The number of guanidine groups is 2. The second kappa shape index (κ2) is 36.0. The molecule has 450 valence electrons. The molecule has 25 N–H and O–H groups in total. The fraction of sp³-hybridized carbons (Fsp3) is 0.500. The Kier molecular flexibility index (Phi) is 29.7. The van der Waals surface area contributed by atoms with Crippen molar-refractivity contribution in [3.63, 3.8) is 0 Å². The van der Waals surface area contributed by atoms with Gasteiger partial charge in [0.15, 0.2) is 11.9 Å². The number of nitrogens with two attached hydrogens (primary N) is 8. The first-order valence-electron chi connectivity index (χ1n) is 26.6. The van der Waals surface area contributed by atoms with E-state index in [0.717, 1.165) is 16.5 Å². The van der Waals surface area contributed by atoms with Crippen LogP contribution >= 0.6 is 11.8 Å². The van der Waals surface area contributed by atoms with Gasteiger partial charge in [0.05, 0.1) is 12.5 Å². The normalized spacial score (nSPS) is 13.9. The van der Waals surface area contributed by atoms with E-state index in [-0.39, 0.29) is 76.4 Å². The van der Waals surface area contributed by atoms with Crippen molar-refractivity contribution in [3.8, 4) is 0 Å². The first-order valence-corrected chi connectivity index (χ1v) is 28.0. The molecule has 8 atom stereocenters. The predicted octanol–water partition coefficient (Wildman–Crippen LogP) is -4.11. The highest BCUT2D eigenvalue weighted by atomic mass is 32.2. The summed E-state index contributed by atoms with van der Waals surface area (Å²) in [5.74, 6) is -9.93. The monoisotopic (exact) mass is 1160 g/mol. The Morgan fingerprint density at radius 2 is 1.00 bits per heavy atom. The number of carboxylic acids is 1. The van der Waals surface area contributed by atoms with Gasteiger partial charge in [-0.1, -0.05) is 48.5 Å². The highest BCUT2D eigenvalue weighted by Gasteiger charge is 2.35. The number of hydrogen-bond donors (Lipinski definition) is 17. The summed E-state index contributed by atoms with van der Waals surface area (Å²) < 4.78 is 0. The standard InChI is InChI=1S/C52H80N18O11S/c1-82-24-20-37(47(77)68-38(50(80)81)15-7-8-21-53)67-45(75)34(16-9-22-61-51(57)58)64-44(74)35(17-10-23-62-52(59)60)65-49(79)40(27-42(56)72)70-46(76)36(18-19-41(55)71)66-48(78)39(25-29-11-3-2-4-12-29)69-43(73)32(54)26-30-28-63-33-14-6-5-13-31(30)33/h2-6,11-14,28,32,34-40,63H,7-10,15-27,53-54H2,1H3,(H2,55,71)(H2,56,72)(H,64,74)(H,65,79)(H,66,78)(H,67,75)(H,68,77)(H,69,73)(H,70,76)(H,80,81)(H4,57,58,61)(H4,59,60,62)/t32-,34-,35-,36-,37-,38-,39-,40-/m0/s1. The van der Waals surface area contributed by atoms with Crippen molar-refractivity contribution in [3.05, 3.63) is 71.9 Å². The number of H-pyrrole nitrogens is 1. The molecular weight excluding hydrogens is 1080 g/mol. The van der Waals surface area contributed by atoms with Gasteiger partial charge < -0.3 is 93.2 Å². The van der Waals surface area contributed by atoms with E-state index in [0.29, 0.717) is 30.7 Å². The molecule has 1 heterocycles. The summed E-state index contributed by atoms with van der Waals surface area (Å²) in [6.45, 7) is 0.255. The number of aromatic amines is 1. The number of aliphatic carboxylic acids is 1. The molecule has 0 saturated carbocycles. The van der Waals surface area contributed by atoms with Gasteiger partial charge in [-0.3, -0.25) is 53.1 Å². The molecular formula is C52H80N18O11S. The molecule has 0 spiro atoms. The lowest BCUT2D eigenvalue weighted by atomic mass is 10.0. The number of carboxylic acid groups (broad SMARTS) is 1. The van der Waals surface area contributed by atoms with E-state index in [2.05, 4.69) is 52.2 Å². The fourth-order valence-electron chi connectivity index (χ4n) is 8.37. The number of fused-ring (bicyclic) bond motifs is 1. The summed E-state index contributed by atoms with van der Waals surface area (Å²) >= 11 is 1.35. The molecule has 30 heteroatoms. The molecule has 0 unspecified atom stereocenters. The lowest BCUT2D eigenvalue weighted by Crippen LogP contribution is -2.60. The van der Waals surface area contributed by atoms with Crippen LogP contribution in [-0.2, 0) is 60.8 Å². The molecule has 82 heavy (non-hydrogen) atoms. The van der Waals surface area contributed by atoms with E-state index in [9.17, 15) is 53.1 Å². The number of benzene rings is 2. The maximum Gasteiger partial charge on any atom is 0.326 e. The van der Waals surface area contributed by atoms with Crippen molar-refractivity contribution in [2.75, 3.05) is 31.6 Å². The van der Waals surface area contributed by atoms with Crippen molar-refractivity contribution >= 4 is 93.7 Å². The molecule has 0 bridgehead atoms. The third kappa shape index (κ3) is 24.9. The van der Waals surface area contributed by atoms with Crippen LogP contribution in [0.5, 0.6) is 0 Å². The number of thioether (sulfide) groups is 1. The minimum Gasteiger partial charge on any atom is -0.480 e. The van der Waals surface area contributed by atoms with Crippen molar-refractivity contribution in [1.82, 2.24) is 42.2 Å². The molecule has 0 saturated heterocycles. The number of carbonyl (C=O) groups is 10. The highest BCUT2D eigenvalue weighted by Crippen LogP contribution is 2.19. The molecule has 1 aromatic heterocycles. The summed E-state index contributed by atoms with van der Waals surface area (Å²) in [7, 11) is 0. The molecule has 0 radical (unpaired) electrons. The number of unbranched alkanes of at least 4 members (excludes halogenated alkanes) is 1. The number of rotatable bonds is 39. The van der Waals surface area contributed by atoms with Crippen LogP contribution < -0.4 is 83.1 Å². The van der Waals surface area contributed by atoms with Gasteiger partial charge in [-0.15, -0.1) is 0 Å². The zero-order valence-electron chi connectivity index (χ0n) is 45.9.